The van der Waals surface area contributed by atoms with E-state index in [-0.39, 0.29) is 34.4 Å². The van der Waals surface area contributed by atoms with E-state index in [1.807, 2.05) is 26.8 Å². The van der Waals surface area contributed by atoms with Gasteiger partial charge in [0.05, 0.1) is 11.5 Å². The number of allylic oxidation sites excluding steroid dienone is 2. The second-order valence-electron chi connectivity index (χ2n) is 20.6. The van der Waals surface area contributed by atoms with E-state index in [4.69, 9.17) is 18.9 Å². The molecule has 2 heterocycles. The van der Waals surface area contributed by atoms with E-state index < -0.39 is 107 Å². The molecule has 0 aromatic rings. The quantitative estimate of drug-likeness (QED) is 0.171. The Balaban J connectivity index is 1.17. The molecule has 0 bridgehead atoms. The molecule has 0 aromatic heterocycles. The van der Waals surface area contributed by atoms with Crippen molar-refractivity contribution in [3.05, 3.63) is 11.6 Å². The van der Waals surface area contributed by atoms with Crippen molar-refractivity contribution in [2.24, 2.45) is 50.2 Å². The van der Waals surface area contributed by atoms with Crippen LogP contribution < -0.4 is 0 Å². The number of fused-ring (bicyclic) bond motifs is 7. The molecule has 58 heavy (non-hydrogen) atoms. The van der Waals surface area contributed by atoms with Gasteiger partial charge in [0.25, 0.3) is 0 Å². The fourth-order valence-corrected chi connectivity index (χ4v) is 13.4. The van der Waals surface area contributed by atoms with Crippen LogP contribution in [0.25, 0.3) is 0 Å². The highest BCUT2D eigenvalue weighted by Gasteiger charge is 2.71. The van der Waals surface area contributed by atoms with E-state index in [1.165, 1.54) is 0 Å². The molecule has 0 aromatic carbocycles. The van der Waals surface area contributed by atoms with Crippen LogP contribution in [-0.2, 0) is 38.1 Å². The average Bonchev–Trinajstić information content (AvgIpc) is 3.13. The van der Waals surface area contributed by atoms with E-state index in [9.17, 15) is 60.0 Å². The second-order valence-corrected chi connectivity index (χ2v) is 20.6. The fourth-order valence-electron chi connectivity index (χ4n) is 13.4. The molecule has 2 aliphatic heterocycles. The van der Waals surface area contributed by atoms with E-state index >= 15 is 0 Å². The normalized spacial score (nSPS) is 52.6. The first-order chi connectivity index (χ1) is 26.8. The Kier molecular flexibility index (Phi) is 10.7. The van der Waals surface area contributed by atoms with Crippen molar-refractivity contribution in [2.45, 2.75) is 174 Å². The molecular weight excluding hydrogens is 760 g/mol. The molecule has 0 spiro atoms. The Morgan fingerprint density at radius 3 is 1.88 bits per heavy atom. The summed E-state index contributed by atoms with van der Waals surface area (Å²) in [5.41, 5.74) is -1.81. The number of carboxylic acids is 3. The molecule has 8 N–H and O–H groups in total. The van der Waals surface area contributed by atoms with E-state index in [1.54, 1.807) is 0 Å². The number of carbonyl (C=O) groups excluding carboxylic acids is 1. The van der Waals surface area contributed by atoms with Crippen molar-refractivity contribution in [2.75, 3.05) is 0 Å². The van der Waals surface area contributed by atoms with E-state index in [0.29, 0.717) is 25.7 Å². The molecule has 326 valence electrons. The van der Waals surface area contributed by atoms with Crippen LogP contribution in [0, 0.1) is 50.2 Å². The number of hydrogen-bond donors (Lipinski definition) is 8. The summed E-state index contributed by atoms with van der Waals surface area (Å²) in [6.45, 7) is 14.8. The van der Waals surface area contributed by atoms with Gasteiger partial charge in [0.1, 0.15) is 36.6 Å². The SMILES string of the molecule is CC1(C)[C@H]2CC[C@]3(C)[C@H](C(=O)C=C4[C@H]5C[C@@](C)(C(=O)O)CC[C@]5(C)CC[C@]43C)[C@@]2(C)CC[C@H]1O[C@@H]1O[C@H](C(=O)O)[C@@H](O)[C@@H](O)[C@H]1O[C@@H]1O[C@H](C(=O)O)[C@@H](O)[C@@H](O)[C@H]1O. The second kappa shape index (κ2) is 14.3. The summed E-state index contributed by atoms with van der Waals surface area (Å²) in [7, 11) is 0. The maximum atomic E-state index is 14.8. The summed E-state index contributed by atoms with van der Waals surface area (Å²) in [6, 6.07) is 0. The Bertz CT molecular complexity index is 1730. The van der Waals surface area contributed by atoms with Gasteiger partial charge in [-0.25, -0.2) is 9.59 Å². The molecular formula is C42H62O16. The number of ketones is 1. The topological polar surface area (TPSA) is 267 Å². The minimum Gasteiger partial charge on any atom is -0.481 e. The first-order valence-electron chi connectivity index (χ1n) is 20.7. The third kappa shape index (κ3) is 6.25. The van der Waals surface area contributed by atoms with Crippen molar-refractivity contribution in [3.63, 3.8) is 0 Å². The Hall–Kier alpha value is -2.54. The largest absolute Gasteiger partial charge is 0.481 e. The van der Waals surface area contributed by atoms with Crippen molar-refractivity contribution < 1.29 is 79.0 Å². The van der Waals surface area contributed by atoms with Crippen LogP contribution in [0.4, 0.5) is 0 Å². The summed E-state index contributed by atoms with van der Waals surface area (Å²) in [4.78, 5) is 51.3. The number of aliphatic hydroxyl groups is 5. The van der Waals surface area contributed by atoms with Crippen LogP contribution in [0.1, 0.15) is 106 Å². The van der Waals surface area contributed by atoms with Gasteiger partial charge in [-0.1, -0.05) is 47.1 Å². The number of rotatable bonds is 7. The number of aliphatic carboxylic acids is 3. The summed E-state index contributed by atoms with van der Waals surface area (Å²) in [6.07, 6.45) is -12.2. The van der Waals surface area contributed by atoms with Gasteiger partial charge in [-0.2, -0.15) is 0 Å². The maximum absolute atomic E-state index is 14.8. The van der Waals surface area contributed by atoms with Crippen LogP contribution in [0.2, 0.25) is 0 Å². The lowest BCUT2D eigenvalue weighted by molar-refractivity contribution is -0.371. The van der Waals surface area contributed by atoms with Crippen molar-refractivity contribution in [1.82, 2.24) is 0 Å². The van der Waals surface area contributed by atoms with Gasteiger partial charge < -0.3 is 59.8 Å². The highest BCUT2D eigenvalue weighted by atomic mass is 16.8. The zero-order valence-electron chi connectivity index (χ0n) is 34.4. The van der Waals surface area contributed by atoms with Gasteiger partial charge in [-0.05, 0) is 110 Å². The molecule has 19 atom stereocenters. The first-order valence-corrected chi connectivity index (χ1v) is 20.7. The van der Waals surface area contributed by atoms with Gasteiger partial charge >= 0.3 is 17.9 Å². The molecule has 7 aliphatic rings. The molecule has 2 saturated heterocycles. The standard InChI is InChI=1S/C42H62O16/c1-37(2)21-8-11-42(7)31(20(43)16-18-19-17-39(4,36(53)54)13-12-38(19,3)14-15-41(18,42)6)40(21,5)10-9-22(37)55-35-30(26(47)25(46)29(57-35)33(51)52)58-34-27(48)23(44)24(45)28(56-34)32(49)50/h16,19,21-31,34-35,44-48H,8-15,17H2,1-7H3,(H,49,50)(H,51,52)(H,53,54)/t19-,21-,22-,23-,24+,25+,26-,27-,28+,29+,30-,31-,34+,35-,38-,39+,40+,41-,42-/m1/s1. The Morgan fingerprint density at radius 2 is 1.28 bits per heavy atom. The predicted molar refractivity (Wildman–Crippen MR) is 199 cm³/mol. The van der Waals surface area contributed by atoms with Crippen LogP contribution in [-0.4, -0.2) is 132 Å². The summed E-state index contributed by atoms with van der Waals surface area (Å²) < 4.78 is 23.4. The number of carboxylic acid groups (broad SMARTS) is 3. The van der Waals surface area contributed by atoms with Crippen molar-refractivity contribution in [3.8, 4) is 0 Å². The lowest BCUT2D eigenvalue weighted by atomic mass is 9.33. The molecule has 5 aliphatic carbocycles. The monoisotopic (exact) mass is 822 g/mol. The van der Waals surface area contributed by atoms with E-state index in [0.717, 1.165) is 37.7 Å². The smallest absolute Gasteiger partial charge is 0.335 e. The molecule has 0 unspecified atom stereocenters. The van der Waals surface area contributed by atoms with Crippen LogP contribution in [0.5, 0.6) is 0 Å². The third-order valence-electron chi connectivity index (χ3n) is 17.2. The fraction of sp³-hybridized carbons (Fsp3) is 0.857. The zero-order chi connectivity index (χ0) is 42.9. The Labute approximate surface area is 337 Å². The number of ether oxygens (including phenoxy) is 4. The minimum atomic E-state index is -2.05. The van der Waals surface area contributed by atoms with Gasteiger partial charge in [-0.3, -0.25) is 9.59 Å². The van der Waals surface area contributed by atoms with Crippen LogP contribution in [0.3, 0.4) is 0 Å². The highest BCUT2D eigenvalue weighted by Crippen LogP contribution is 2.75. The van der Waals surface area contributed by atoms with Gasteiger partial charge in [0, 0.05) is 5.92 Å². The molecule has 7 rings (SSSR count). The summed E-state index contributed by atoms with van der Waals surface area (Å²) in [5.74, 6) is -4.47. The van der Waals surface area contributed by atoms with Crippen LogP contribution >= 0.6 is 0 Å². The minimum absolute atomic E-state index is 0.0217. The summed E-state index contributed by atoms with van der Waals surface area (Å²) >= 11 is 0. The maximum Gasteiger partial charge on any atom is 0.335 e. The molecule has 16 nitrogen and oxygen atoms in total. The third-order valence-corrected chi connectivity index (χ3v) is 17.2. The first kappa shape index (κ1) is 43.5. The van der Waals surface area contributed by atoms with Gasteiger partial charge in [0.2, 0.25) is 0 Å². The number of aliphatic hydroxyl groups excluding tert-OH is 5. The Morgan fingerprint density at radius 1 is 0.690 bits per heavy atom. The van der Waals surface area contributed by atoms with Gasteiger partial charge in [-0.15, -0.1) is 0 Å². The molecule has 6 fully saturated rings. The lowest BCUT2D eigenvalue weighted by Gasteiger charge is -2.70. The zero-order valence-corrected chi connectivity index (χ0v) is 34.4. The van der Waals surface area contributed by atoms with Crippen LogP contribution in [0.15, 0.2) is 11.6 Å². The average molecular weight is 823 g/mol. The predicted octanol–water partition coefficient (Wildman–Crippen LogP) is 2.25. The molecule has 16 heteroatoms. The number of carbonyl (C=O) groups is 4. The van der Waals surface area contributed by atoms with E-state index in [2.05, 4.69) is 27.7 Å². The van der Waals surface area contributed by atoms with Gasteiger partial charge in [0.15, 0.2) is 30.6 Å². The molecule has 4 saturated carbocycles. The highest BCUT2D eigenvalue weighted by molar-refractivity contribution is 5.95. The lowest BCUT2D eigenvalue weighted by Crippen LogP contribution is -2.68. The molecule has 0 amide bonds. The summed E-state index contributed by atoms with van der Waals surface area (Å²) in [5, 5.41) is 83.0. The van der Waals surface area contributed by atoms with Crippen molar-refractivity contribution >= 4 is 23.7 Å². The number of hydrogen-bond acceptors (Lipinski definition) is 13. The molecule has 0 radical (unpaired) electrons. The van der Waals surface area contributed by atoms with Crippen molar-refractivity contribution in [1.29, 1.82) is 0 Å².